The van der Waals surface area contributed by atoms with E-state index in [-0.39, 0.29) is 17.9 Å². The average Bonchev–Trinajstić information content (AvgIpc) is 2.52. The SMILES string of the molecule is Cc1nc(N)sc1C(=O)NCC(O)CC(C)(C)C. The van der Waals surface area contributed by atoms with Gasteiger partial charge in [-0.15, -0.1) is 0 Å². The zero-order chi connectivity index (χ0) is 13.9. The molecule has 0 saturated carbocycles. The molecule has 5 nitrogen and oxygen atoms in total. The summed E-state index contributed by atoms with van der Waals surface area (Å²) in [6.45, 7) is 8.13. The topological polar surface area (TPSA) is 88.2 Å². The first-order valence-electron chi connectivity index (χ1n) is 5.88. The summed E-state index contributed by atoms with van der Waals surface area (Å²) in [5.74, 6) is -0.227. The normalized spacial score (nSPS) is 13.4. The number of rotatable bonds is 4. The van der Waals surface area contributed by atoms with Gasteiger partial charge < -0.3 is 16.2 Å². The Morgan fingerprint density at radius 3 is 2.61 bits per heavy atom. The van der Waals surface area contributed by atoms with Crippen molar-refractivity contribution >= 4 is 22.4 Å². The lowest BCUT2D eigenvalue weighted by atomic mass is 9.89. The summed E-state index contributed by atoms with van der Waals surface area (Å²) in [7, 11) is 0. The number of aromatic nitrogens is 1. The van der Waals surface area contributed by atoms with Crippen LogP contribution in [0.4, 0.5) is 5.13 Å². The maximum absolute atomic E-state index is 11.8. The summed E-state index contributed by atoms with van der Waals surface area (Å²) in [6, 6.07) is 0. The van der Waals surface area contributed by atoms with Crippen molar-refractivity contribution in [3.8, 4) is 0 Å². The lowest BCUT2D eigenvalue weighted by molar-refractivity contribution is 0.0871. The number of aliphatic hydroxyl groups is 1. The second kappa shape index (κ2) is 5.67. The number of carbonyl (C=O) groups excluding carboxylic acids is 1. The lowest BCUT2D eigenvalue weighted by Crippen LogP contribution is -2.34. The van der Waals surface area contributed by atoms with Gasteiger partial charge in [0.25, 0.3) is 5.91 Å². The number of hydrogen-bond acceptors (Lipinski definition) is 5. The molecule has 1 aromatic rings. The molecule has 1 aromatic heterocycles. The Kier molecular flexibility index (Phi) is 4.70. The molecule has 0 spiro atoms. The van der Waals surface area contributed by atoms with Crippen LogP contribution in [-0.2, 0) is 0 Å². The highest BCUT2D eigenvalue weighted by molar-refractivity contribution is 7.17. The molecule has 0 fully saturated rings. The summed E-state index contributed by atoms with van der Waals surface area (Å²) >= 11 is 1.16. The van der Waals surface area contributed by atoms with Crippen molar-refractivity contribution in [2.45, 2.75) is 40.2 Å². The maximum atomic E-state index is 11.8. The van der Waals surface area contributed by atoms with Crippen LogP contribution in [0.1, 0.15) is 42.6 Å². The predicted molar refractivity (Wildman–Crippen MR) is 73.7 cm³/mol. The maximum Gasteiger partial charge on any atom is 0.263 e. The van der Waals surface area contributed by atoms with Gasteiger partial charge in [0.15, 0.2) is 5.13 Å². The number of aryl methyl sites for hydroxylation is 1. The summed E-state index contributed by atoms with van der Waals surface area (Å²) in [4.78, 5) is 16.3. The van der Waals surface area contributed by atoms with Gasteiger partial charge in [-0.3, -0.25) is 4.79 Å². The quantitative estimate of drug-likeness (QED) is 0.775. The Bertz CT molecular complexity index is 423. The fraction of sp³-hybridized carbons (Fsp3) is 0.667. The van der Waals surface area contributed by atoms with Crippen molar-refractivity contribution in [1.82, 2.24) is 10.3 Å². The second-order valence-corrected chi connectivity index (χ2v) is 6.63. The molecule has 1 heterocycles. The third kappa shape index (κ3) is 4.62. The number of aliphatic hydroxyl groups excluding tert-OH is 1. The van der Waals surface area contributed by atoms with Crippen LogP contribution >= 0.6 is 11.3 Å². The van der Waals surface area contributed by atoms with E-state index in [1.807, 2.05) is 20.8 Å². The summed E-state index contributed by atoms with van der Waals surface area (Å²) in [6.07, 6.45) is 0.0939. The summed E-state index contributed by atoms with van der Waals surface area (Å²) < 4.78 is 0. The van der Waals surface area contributed by atoms with Crippen molar-refractivity contribution in [2.75, 3.05) is 12.3 Å². The first-order valence-corrected chi connectivity index (χ1v) is 6.70. The first-order chi connectivity index (χ1) is 8.19. The van der Waals surface area contributed by atoms with Crippen LogP contribution in [0.3, 0.4) is 0 Å². The van der Waals surface area contributed by atoms with Gasteiger partial charge in [0.2, 0.25) is 0 Å². The van der Waals surface area contributed by atoms with Crippen molar-refractivity contribution in [3.05, 3.63) is 10.6 Å². The van der Waals surface area contributed by atoms with Crippen molar-refractivity contribution in [1.29, 1.82) is 0 Å². The first kappa shape index (κ1) is 14.9. The van der Waals surface area contributed by atoms with Crippen LogP contribution in [0.15, 0.2) is 0 Å². The number of carbonyl (C=O) groups is 1. The minimum Gasteiger partial charge on any atom is -0.391 e. The zero-order valence-electron chi connectivity index (χ0n) is 11.3. The Morgan fingerprint density at radius 2 is 2.17 bits per heavy atom. The van der Waals surface area contributed by atoms with Gasteiger partial charge in [0.1, 0.15) is 4.88 Å². The van der Waals surface area contributed by atoms with Gasteiger partial charge in [-0.2, -0.15) is 0 Å². The molecule has 0 bridgehead atoms. The molecule has 0 saturated heterocycles. The molecule has 0 aliphatic heterocycles. The Hall–Kier alpha value is -1.14. The number of thiazole rings is 1. The zero-order valence-corrected chi connectivity index (χ0v) is 12.1. The number of amides is 1. The highest BCUT2D eigenvalue weighted by Gasteiger charge is 2.19. The van der Waals surface area contributed by atoms with E-state index in [2.05, 4.69) is 10.3 Å². The van der Waals surface area contributed by atoms with E-state index in [1.165, 1.54) is 0 Å². The molecule has 18 heavy (non-hydrogen) atoms. The van der Waals surface area contributed by atoms with Crippen LogP contribution in [-0.4, -0.2) is 28.6 Å². The highest BCUT2D eigenvalue weighted by atomic mass is 32.1. The van der Waals surface area contributed by atoms with Crippen LogP contribution in [0, 0.1) is 12.3 Å². The third-order valence-electron chi connectivity index (χ3n) is 2.37. The van der Waals surface area contributed by atoms with E-state index >= 15 is 0 Å². The van der Waals surface area contributed by atoms with E-state index in [4.69, 9.17) is 5.73 Å². The number of hydrogen-bond donors (Lipinski definition) is 3. The van der Waals surface area contributed by atoms with Crippen molar-refractivity contribution in [3.63, 3.8) is 0 Å². The second-order valence-electron chi connectivity index (χ2n) is 5.60. The molecule has 0 aromatic carbocycles. The smallest absolute Gasteiger partial charge is 0.263 e. The largest absolute Gasteiger partial charge is 0.391 e. The van der Waals surface area contributed by atoms with Gasteiger partial charge >= 0.3 is 0 Å². The fourth-order valence-electron chi connectivity index (χ4n) is 1.70. The van der Waals surface area contributed by atoms with E-state index in [9.17, 15) is 9.90 Å². The molecule has 1 atom stereocenters. The highest BCUT2D eigenvalue weighted by Crippen LogP contribution is 2.21. The minimum atomic E-state index is -0.542. The van der Waals surface area contributed by atoms with E-state index in [0.717, 1.165) is 11.3 Å². The van der Waals surface area contributed by atoms with Crippen LogP contribution in [0.25, 0.3) is 0 Å². The average molecular weight is 271 g/mol. The van der Waals surface area contributed by atoms with Gasteiger partial charge in [-0.05, 0) is 18.8 Å². The minimum absolute atomic E-state index is 0.0367. The monoisotopic (exact) mass is 271 g/mol. The summed E-state index contributed by atoms with van der Waals surface area (Å²) in [5.41, 5.74) is 6.20. The van der Waals surface area contributed by atoms with Crippen molar-refractivity contribution in [2.24, 2.45) is 5.41 Å². The van der Waals surface area contributed by atoms with Gasteiger partial charge in [0, 0.05) is 6.54 Å². The molecule has 4 N–H and O–H groups in total. The number of anilines is 1. The molecule has 1 amide bonds. The van der Waals surface area contributed by atoms with Crippen LogP contribution < -0.4 is 11.1 Å². The molecule has 0 aliphatic rings. The lowest BCUT2D eigenvalue weighted by Gasteiger charge is -2.22. The molecular formula is C12H21N3O2S. The van der Waals surface area contributed by atoms with Crippen molar-refractivity contribution < 1.29 is 9.90 Å². The van der Waals surface area contributed by atoms with Gasteiger partial charge in [0.05, 0.1) is 11.8 Å². The van der Waals surface area contributed by atoms with Gasteiger partial charge in [-0.1, -0.05) is 32.1 Å². The van der Waals surface area contributed by atoms with E-state index in [0.29, 0.717) is 22.1 Å². The number of nitrogen functional groups attached to an aromatic ring is 1. The Morgan fingerprint density at radius 1 is 1.56 bits per heavy atom. The molecule has 6 heteroatoms. The molecular weight excluding hydrogens is 250 g/mol. The van der Waals surface area contributed by atoms with E-state index in [1.54, 1.807) is 6.92 Å². The van der Waals surface area contributed by atoms with Crippen LogP contribution in [0.2, 0.25) is 0 Å². The van der Waals surface area contributed by atoms with Gasteiger partial charge in [-0.25, -0.2) is 4.98 Å². The molecule has 0 radical (unpaired) electrons. The summed E-state index contributed by atoms with van der Waals surface area (Å²) in [5, 5.41) is 12.9. The third-order valence-corrected chi connectivity index (χ3v) is 3.35. The molecule has 102 valence electrons. The fourth-order valence-corrected chi connectivity index (χ4v) is 2.45. The standard InChI is InChI=1S/C12H21N3O2S/c1-7-9(18-11(13)15-7)10(17)14-6-8(16)5-12(2,3)4/h8,16H,5-6H2,1-4H3,(H2,13,15)(H,14,17). The molecule has 1 rings (SSSR count). The number of nitrogens with zero attached hydrogens (tertiary/aromatic N) is 1. The molecule has 1 unspecified atom stereocenters. The predicted octanol–water partition coefficient (Wildman–Crippen LogP) is 1.56. The number of nitrogens with one attached hydrogen (secondary N) is 1. The number of nitrogens with two attached hydrogens (primary N) is 1. The van der Waals surface area contributed by atoms with E-state index < -0.39 is 6.10 Å². The molecule has 0 aliphatic carbocycles. The Balaban J connectivity index is 2.49. The Labute approximate surface area is 111 Å². The van der Waals surface area contributed by atoms with Crippen LogP contribution in [0.5, 0.6) is 0 Å².